The average Bonchev–Trinajstić information content (AvgIpc) is 2.79. The molecule has 30 heavy (non-hydrogen) atoms. The van der Waals surface area contributed by atoms with Crippen LogP contribution >= 0.6 is 0 Å². The van der Waals surface area contributed by atoms with E-state index in [9.17, 15) is 9.59 Å². The van der Waals surface area contributed by atoms with E-state index < -0.39 is 0 Å². The van der Waals surface area contributed by atoms with E-state index in [1.165, 1.54) is 91.3 Å². The molecule has 0 amide bonds. The maximum atomic E-state index is 11.3. The van der Waals surface area contributed by atoms with E-state index in [1.54, 1.807) is 0 Å². The first-order valence-corrected chi connectivity index (χ1v) is 12.7. The minimum Gasteiger partial charge on any atom is -0.469 e. The fourth-order valence-corrected chi connectivity index (χ4v) is 5.07. The Bertz CT molecular complexity index is 404. The average molecular weight is 425 g/mol. The van der Waals surface area contributed by atoms with Gasteiger partial charge in [-0.1, -0.05) is 65.2 Å². The van der Waals surface area contributed by atoms with Crippen molar-refractivity contribution in [1.82, 2.24) is 0 Å². The molecule has 0 heterocycles. The summed E-state index contributed by atoms with van der Waals surface area (Å²) in [7, 11) is 2.99. The Labute approximate surface area is 185 Å². The maximum Gasteiger partial charge on any atom is 0.308 e. The summed E-state index contributed by atoms with van der Waals surface area (Å²) in [5.74, 6) is 2.13. The number of rotatable bonds is 10. The molecule has 0 bridgehead atoms. The molecule has 4 heteroatoms. The van der Waals surface area contributed by atoms with E-state index in [2.05, 4.69) is 13.8 Å². The molecule has 0 aromatic rings. The quantitative estimate of drug-likeness (QED) is 0.277. The van der Waals surface area contributed by atoms with Crippen LogP contribution in [0.1, 0.15) is 117 Å². The molecule has 0 aromatic heterocycles. The number of carbonyl (C=O) groups is 2. The van der Waals surface area contributed by atoms with Crippen molar-refractivity contribution in [3.63, 3.8) is 0 Å². The monoisotopic (exact) mass is 424 g/mol. The topological polar surface area (TPSA) is 52.6 Å². The fourth-order valence-electron chi connectivity index (χ4n) is 5.07. The normalized spacial score (nSPS) is 26.3. The van der Waals surface area contributed by atoms with Crippen molar-refractivity contribution in [3.05, 3.63) is 0 Å². The number of hydrogen-bond acceptors (Lipinski definition) is 4. The first-order chi connectivity index (χ1) is 14.5. The van der Waals surface area contributed by atoms with Gasteiger partial charge in [0, 0.05) is 0 Å². The lowest BCUT2D eigenvalue weighted by Crippen LogP contribution is -2.22. The number of methoxy groups -OCH3 is 2. The van der Waals surface area contributed by atoms with Gasteiger partial charge in [-0.2, -0.15) is 0 Å². The first kappa shape index (κ1) is 27.0. The zero-order valence-corrected chi connectivity index (χ0v) is 20.3. The van der Waals surface area contributed by atoms with Crippen LogP contribution in [0.15, 0.2) is 0 Å². The molecule has 0 aromatic carbocycles. The molecule has 0 atom stereocenters. The van der Waals surface area contributed by atoms with Crippen LogP contribution in [0.2, 0.25) is 0 Å². The Morgan fingerprint density at radius 2 is 0.933 bits per heavy atom. The van der Waals surface area contributed by atoms with Crippen molar-refractivity contribution >= 4 is 11.9 Å². The summed E-state index contributed by atoms with van der Waals surface area (Å²) in [5, 5.41) is 0. The first-order valence-electron chi connectivity index (χ1n) is 12.7. The largest absolute Gasteiger partial charge is 0.469 e. The zero-order valence-electron chi connectivity index (χ0n) is 20.3. The molecule has 0 saturated heterocycles. The second-order valence-electron chi connectivity index (χ2n) is 9.47. The third-order valence-corrected chi connectivity index (χ3v) is 7.19. The molecule has 2 fully saturated rings. The molecule has 4 nitrogen and oxygen atoms in total. The van der Waals surface area contributed by atoms with Crippen molar-refractivity contribution in [2.24, 2.45) is 23.7 Å². The molecule has 2 aliphatic carbocycles. The van der Waals surface area contributed by atoms with E-state index in [0.717, 1.165) is 37.5 Å². The molecule has 0 unspecified atom stereocenters. The third kappa shape index (κ3) is 10.8. The van der Waals surface area contributed by atoms with Gasteiger partial charge in [-0.3, -0.25) is 9.59 Å². The maximum absolute atomic E-state index is 11.3. The van der Waals surface area contributed by atoms with Gasteiger partial charge in [0.1, 0.15) is 0 Å². The number of unbranched alkanes of at least 4 members (excludes halogenated alkanes) is 4. The van der Waals surface area contributed by atoms with Gasteiger partial charge in [-0.15, -0.1) is 0 Å². The van der Waals surface area contributed by atoms with E-state index in [1.807, 2.05) is 0 Å². The van der Waals surface area contributed by atoms with Crippen molar-refractivity contribution in [3.8, 4) is 0 Å². The second-order valence-corrected chi connectivity index (χ2v) is 9.47. The molecule has 2 saturated carbocycles. The summed E-state index contributed by atoms with van der Waals surface area (Å²) in [6.45, 7) is 4.49. The van der Waals surface area contributed by atoms with Gasteiger partial charge in [0.15, 0.2) is 0 Å². The predicted octanol–water partition coefficient (Wildman–Crippen LogP) is 7.09. The van der Waals surface area contributed by atoms with E-state index in [-0.39, 0.29) is 23.8 Å². The number of carbonyl (C=O) groups excluding carboxylic acids is 2. The zero-order chi connectivity index (χ0) is 22.2. The molecule has 2 aliphatic rings. The van der Waals surface area contributed by atoms with Crippen LogP contribution in [0.3, 0.4) is 0 Å². The van der Waals surface area contributed by atoms with Crippen LogP contribution in [0.5, 0.6) is 0 Å². The van der Waals surface area contributed by atoms with Crippen LogP contribution < -0.4 is 0 Å². The van der Waals surface area contributed by atoms with Gasteiger partial charge < -0.3 is 9.47 Å². The van der Waals surface area contributed by atoms with Crippen LogP contribution in [0.25, 0.3) is 0 Å². The molecular formula is C26H48O4. The highest BCUT2D eigenvalue weighted by atomic mass is 16.5. The highest BCUT2D eigenvalue weighted by Gasteiger charge is 2.27. The third-order valence-electron chi connectivity index (χ3n) is 7.19. The summed E-state index contributed by atoms with van der Waals surface area (Å²) >= 11 is 0. The Morgan fingerprint density at radius 3 is 1.20 bits per heavy atom. The van der Waals surface area contributed by atoms with Crippen LogP contribution in [0.4, 0.5) is 0 Å². The summed E-state index contributed by atoms with van der Waals surface area (Å²) in [6.07, 6.45) is 19.9. The van der Waals surface area contributed by atoms with Crippen molar-refractivity contribution < 1.29 is 19.1 Å². The van der Waals surface area contributed by atoms with Crippen molar-refractivity contribution in [2.45, 2.75) is 117 Å². The highest BCUT2D eigenvalue weighted by Crippen LogP contribution is 2.33. The number of ether oxygens (including phenoxy) is 2. The summed E-state index contributed by atoms with van der Waals surface area (Å²) < 4.78 is 9.57. The Balaban J connectivity index is 0.000000300. The van der Waals surface area contributed by atoms with E-state index in [4.69, 9.17) is 9.47 Å². The van der Waals surface area contributed by atoms with Crippen LogP contribution in [0, 0.1) is 23.7 Å². The van der Waals surface area contributed by atoms with Crippen LogP contribution in [-0.4, -0.2) is 26.2 Å². The fraction of sp³-hybridized carbons (Fsp3) is 0.923. The molecule has 176 valence electrons. The van der Waals surface area contributed by atoms with Gasteiger partial charge in [-0.05, 0) is 63.2 Å². The summed E-state index contributed by atoms with van der Waals surface area (Å²) in [4.78, 5) is 22.6. The standard InChI is InChI=1S/2C13H24O2/c2*1-3-4-5-6-11-7-9-12(10-8-11)13(14)15-2/h2*11-12H,3-10H2,1-2H3. The van der Waals surface area contributed by atoms with Gasteiger partial charge in [-0.25, -0.2) is 0 Å². The Hall–Kier alpha value is -1.06. The minimum absolute atomic E-state index is 0.00186. The number of esters is 2. The molecule has 2 rings (SSSR count). The number of hydrogen-bond donors (Lipinski definition) is 0. The summed E-state index contributed by atoms with van der Waals surface area (Å²) in [6, 6.07) is 0. The van der Waals surface area contributed by atoms with E-state index >= 15 is 0 Å². The van der Waals surface area contributed by atoms with Gasteiger partial charge in [0.2, 0.25) is 0 Å². The second kappa shape index (κ2) is 16.6. The van der Waals surface area contributed by atoms with Crippen molar-refractivity contribution in [2.75, 3.05) is 14.2 Å². The highest BCUT2D eigenvalue weighted by molar-refractivity contribution is 5.72. The van der Waals surface area contributed by atoms with Crippen LogP contribution in [-0.2, 0) is 19.1 Å². The molecular weight excluding hydrogens is 376 g/mol. The van der Waals surface area contributed by atoms with Gasteiger partial charge in [0.25, 0.3) is 0 Å². The molecule has 0 aliphatic heterocycles. The Kier molecular flexibility index (Phi) is 14.9. The van der Waals surface area contributed by atoms with E-state index in [0.29, 0.717) is 0 Å². The smallest absolute Gasteiger partial charge is 0.308 e. The SMILES string of the molecule is CCCCCC1CCC(C(=O)OC)CC1.CCCCCC1CCC(C(=O)OC)CC1. The molecule has 0 spiro atoms. The molecule has 0 N–H and O–H groups in total. The van der Waals surface area contributed by atoms with Crippen molar-refractivity contribution in [1.29, 1.82) is 0 Å². The summed E-state index contributed by atoms with van der Waals surface area (Å²) in [5.41, 5.74) is 0. The molecule has 0 radical (unpaired) electrons. The van der Waals surface area contributed by atoms with Gasteiger partial charge >= 0.3 is 11.9 Å². The lowest BCUT2D eigenvalue weighted by atomic mass is 9.80. The predicted molar refractivity (Wildman–Crippen MR) is 123 cm³/mol. The lowest BCUT2D eigenvalue weighted by Gasteiger charge is -2.26. The van der Waals surface area contributed by atoms with Gasteiger partial charge in [0.05, 0.1) is 26.1 Å². The lowest BCUT2D eigenvalue weighted by molar-refractivity contribution is -0.147. The minimum atomic E-state index is 0.00186. The Morgan fingerprint density at radius 1 is 0.600 bits per heavy atom.